The van der Waals surface area contributed by atoms with Gasteiger partial charge in [0.15, 0.2) is 0 Å². The van der Waals surface area contributed by atoms with Crippen LogP contribution in [-0.2, 0) is 4.74 Å². The average Bonchev–Trinajstić information content (AvgIpc) is 2.22. The molecule has 88 valence electrons. The number of morpholine rings is 1. The van der Waals surface area contributed by atoms with Gasteiger partial charge in [0.25, 0.3) is 0 Å². The van der Waals surface area contributed by atoms with E-state index in [2.05, 4.69) is 31.7 Å². The third-order valence-electron chi connectivity index (χ3n) is 3.14. The molecule has 16 heavy (non-hydrogen) atoms. The van der Waals surface area contributed by atoms with Crippen molar-refractivity contribution < 1.29 is 4.74 Å². The third-order valence-corrected chi connectivity index (χ3v) is 3.14. The van der Waals surface area contributed by atoms with E-state index in [1.165, 1.54) is 11.3 Å². The number of nitrogens with zero attached hydrogens (tertiary/aromatic N) is 1. The van der Waals surface area contributed by atoms with Crippen molar-refractivity contribution in [2.75, 3.05) is 23.8 Å². The SMILES string of the molecule is Cc1cc(N)ccc1N1CC(C)OCC1C. The highest BCUT2D eigenvalue weighted by molar-refractivity contribution is 5.59. The molecule has 3 nitrogen and oxygen atoms in total. The van der Waals surface area contributed by atoms with Gasteiger partial charge in [0.2, 0.25) is 0 Å². The maximum absolute atomic E-state index is 5.78. The van der Waals surface area contributed by atoms with E-state index < -0.39 is 0 Å². The van der Waals surface area contributed by atoms with E-state index in [0.717, 1.165) is 18.8 Å². The highest BCUT2D eigenvalue weighted by Gasteiger charge is 2.24. The summed E-state index contributed by atoms with van der Waals surface area (Å²) >= 11 is 0. The van der Waals surface area contributed by atoms with E-state index >= 15 is 0 Å². The Morgan fingerprint density at radius 1 is 1.38 bits per heavy atom. The lowest BCUT2D eigenvalue weighted by atomic mass is 10.1. The van der Waals surface area contributed by atoms with Crippen LogP contribution in [0.5, 0.6) is 0 Å². The predicted octanol–water partition coefficient (Wildman–Crippen LogP) is 2.19. The number of nitrogens with two attached hydrogens (primary N) is 1. The number of hydrogen-bond donors (Lipinski definition) is 1. The van der Waals surface area contributed by atoms with Gasteiger partial charge in [-0.1, -0.05) is 0 Å². The second-order valence-corrected chi connectivity index (χ2v) is 4.69. The molecule has 0 radical (unpaired) electrons. The normalized spacial score (nSPS) is 25.8. The Balaban J connectivity index is 2.28. The molecule has 3 heteroatoms. The van der Waals surface area contributed by atoms with Gasteiger partial charge in [-0.25, -0.2) is 0 Å². The molecule has 2 rings (SSSR count). The van der Waals surface area contributed by atoms with Crippen molar-refractivity contribution in [1.29, 1.82) is 0 Å². The van der Waals surface area contributed by atoms with Crippen molar-refractivity contribution >= 4 is 11.4 Å². The molecule has 1 aliphatic rings. The Hall–Kier alpha value is -1.22. The summed E-state index contributed by atoms with van der Waals surface area (Å²) in [7, 11) is 0. The molecule has 0 aromatic heterocycles. The maximum Gasteiger partial charge on any atom is 0.0723 e. The highest BCUT2D eigenvalue weighted by atomic mass is 16.5. The van der Waals surface area contributed by atoms with Crippen molar-refractivity contribution in [2.45, 2.75) is 32.9 Å². The number of anilines is 2. The lowest BCUT2D eigenvalue weighted by Gasteiger charge is -2.39. The summed E-state index contributed by atoms with van der Waals surface area (Å²) in [5.74, 6) is 0. The molecule has 0 bridgehead atoms. The minimum Gasteiger partial charge on any atom is -0.399 e. The van der Waals surface area contributed by atoms with Crippen LogP contribution in [0.2, 0.25) is 0 Å². The van der Waals surface area contributed by atoms with Gasteiger partial charge in [-0.2, -0.15) is 0 Å². The first-order valence-electron chi connectivity index (χ1n) is 5.82. The lowest BCUT2D eigenvalue weighted by molar-refractivity contribution is 0.0343. The Labute approximate surface area is 97.2 Å². The van der Waals surface area contributed by atoms with Crippen LogP contribution in [0.3, 0.4) is 0 Å². The van der Waals surface area contributed by atoms with Gasteiger partial charge in [0.1, 0.15) is 0 Å². The predicted molar refractivity (Wildman–Crippen MR) is 67.8 cm³/mol. The van der Waals surface area contributed by atoms with Crippen molar-refractivity contribution in [3.05, 3.63) is 23.8 Å². The van der Waals surface area contributed by atoms with Crippen molar-refractivity contribution in [3.63, 3.8) is 0 Å². The molecule has 0 spiro atoms. The molecule has 1 heterocycles. The summed E-state index contributed by atoms with van der Waals surface area (Å²) in [6, 6.07) is 6.54. The Kier molecular flexibility index (Phi) is 3.06. The molecule has 1 aliphatic heterocycles. The largest absolute Gasteiger partial charge is 0.399 e. The van der Waals surface area contributed by atoms with Gasteiger partial charge in [0, 0.05) is 24.0 Å². The van der Waals surface area contributed by atoms with E-state index in [-0.39, 0.29) is 0 Å². The highest BCUT2D eigenvalue weighted by Crippen LogP contribution is 2.26. The lowest BCUT2D eigenvalue weighted by Crippen LogP contribution is -2.47. The smallest absolute Gasteiger partial charge is 0.0723 e. The summed E-state index contributed by atoms with van der Waals surface area (Å²) in [4.78, 5) is 2.41. The van der Waals surface area contributed by atoms with Crippen molar-refractivity contribution in [1.82, 2.24) is 0 Å². The van der Waals surface area contributed by atoms with Gasteiger partial charge in [-0.3, -0.25) is 0 Å². The molecule has 1 saturated heterocycles. The molecule has 1 aromatic rings. The molecule has 0 amide bonds. The number of aryl methyl sites for hydroxylation is 1. The average molecular weight is 220 g/mol. The number of nitrogen functional groups attached to an aromatic ring is 1. The van der Waals surface area contributed by atoms with Crippen molar-refractivity contribution in [3.8, 4) is 0 Å². The van der Waals surface area contributed by atoms with E-state index in [1.54, 1.807) is 0 Å². The van der Waals surface area contributed by atoms with Gasteiger partial charge in [0.05, 0.1) is 12.7 Å². The summed E-state index contributed by atoms with van der Waals surface area (Å²) in [5.41, 5.74) is 9.12. The fourth-order valence-electron chi connectivity index (χ4n) is 2.24. The summed E-state index contributed by atoms with van der Waals surface area (Å²) < 4.78 is 5.64. The first-order valence-corrected chi connectivity index (χ1v) is 5.82. The number of rotatable bonds is 1. The fourth-order valence-corrected chi connectivity index (χ4v) is 2.24. The Morgan fingerprint density at radius 2 is 2.12 bits per heavy atom. The van der Waals surface area contributed by atoms with Crippen LogP contribution < -0.4 is 10.6 Å². The Morgan fingerprint density at radius 3 is 2.81 bits per heavy atom. The molecule has 0 aliphatic carbocycles. The van der Waals surface area contributed by atoms with E-state index in [0.29, 0.717) is 12.1 Å². The van der Waals surface area contributed by atoms with Gasteiger partial charge in [-0.15, -0.1) is 0 Å². The van der Waals surface area contributed by atoms with Gasteiger partial charge in [-0.05, 0) is 44.5 Å². The molecule has 2 unspecified atom stereocenters. The molecule has 2 atom stereocenters. The molecule has 0 saturated carbocycles. The first kappa shape index (κ1) is 11.3. The molecule has 2 N–H and O–H groups in total. The number of hydrogen-bond acceptors (Lipinski definition) is 3. The van der Waals surface area contributed by atoms with E-state index in [4.69, 9.17) is 10.5 Å². The van der Waals surface area contributed by atoms with Crippen LogP contribution in [0.4, 0.5) is 11.4 Å². The monoisotopic (exact) mass is 220 g/mol. The summed E-state index contributed by atoms with van der Waals surface area (Å²) in [5, 5.41) is 0. The topological polar surface area (TPSA) is 38.5 Å². The standard InChI is InChI=1S/C13H20N2O/c1-9-6-12(14)4-5-13(9)15-7-11(3)16-8-10(15)2/h4-6,10-11H,7-8,14H2,1-3H3. The van der Waals surface area contributed by atoms with Crippen LogP contribution in [0, 0.1) is 6.92 Å². The van der Waals surface area contributed by atoms with Crippen LogP contribution in [0.15, 0.2) is 18.2 Å². The zero-order valence-corrected chi connectivity index (χ0v) is 10.2. The summed E-state index contributed by atoms with van der Waals surface area (Å²) in [6.07, 6.45) is 0.299. The van der Waals surface area contributed by atoms with Crippen LogP contribution in [0.25, 0.3) is 0 Å². The van der Waals surface area contributed by atoms with Crippen LogP contribution in [0.1, 0.15) is 19.4 Å². The first-order chi connectivity index (χ1) is 7.58. The number of benzene rings is 1. The molecular formula is C13H20N2O. The van der Waals surface area contributed by atoms with Crippen LogP contribution >= 0.6 is 0 Å². The molecule has 1 fully saturated rings. The fraction of sp³-hybridized carbons (Fsp3) is 0.538. The minimum atomic E-state index is 0.299. The van der Waals surface area contributed by atoms with Gasteiger partial charge < -0.3 is 15.4 Å². The zero-order chi connectivity index (χ0) is 11.7. The second kappa shape index (κ2) is 4.34. The molecule has 1 aromatic carbocycles. The second-order valence-electron chi connectivity index (χ2n) is 4.69. The quantitative estimate of drug-likeness (QED) is 0.737. The van der Waals surface area contributed by atoms with E-state index in [9.17, 15) is 0 Å². The third kappa shape index (κ3) is 2.14. The summed E-state index contributed by atoms with van der Waals surface area (Å²) in [6.45, 7) is 8.17. The zero-order valence-electron chi connectivity index (χ0n) is 10.2. The van der Waals surface area contributed by atoms with Crippen LogP contribution in [-0.4, -0.2) is 25.3 Å². The Bertz CT molecular complexity index is 378. The van der Waals surface area contributed by atoms with E-state index in [1.807, 2.05) is 12.1 Å². The number of ether oxygens (including phenoxy) is 1. The molecular weight excluding hydrogens is 200 g/mol. The van der Waals surface area contributed by atoms with Crippen molar-refractivity contribution in [2.24, 2.45) is 0 Å². The minimum absolute atomic E-state index is 0.299. The maximum atomic E-state index is 5.78. The van der Waals surface area contributed by atoms with Gasteiger partial charge >= 0.3 is 0 Å².